The van der Waals surface area contributed by atoms with Crippen molar-refractivity contribution >= 4 is 35.1 Å². The van der Waals surface area contributed by atoms with Crippen LogP contribution in [0.25, 0.3) is 11.1 Å². The molecule has 1 aliphatic heterocycles. The summed E-state index contributed by atoms with van der Waals surface area (Å²) in [7, 11) is 1.61. The number of anilines is 1. The molecule has 1 unspecified atom stereocenters. The molecule has 2 N–H and O–H groups in total. The normalized spacial score (nSPS) is 15.1. The zero-order valence-corrected chi connectivity index (χ0v) is 29.4. The molecule has 0 saturated heterocycles. The lowest BCUT2D eigenvalue weighted by Gasteiger charge is -2.28. The summed E-state index contributed by atoms with van der Waals surface area (Å²) in [5.41, 5.74) is 1.43. The Morgan fingerprint density at radius 2 is 1.67 bits per heavy atom. The number of rotatable bonds is 11. The number of para-hydroxylation sites is 1. The maximum absolute atomic E-state index is 14.2. The van der Waals surface area contributed by atoms with Crippen LogP contribution in [0.15, 0.2) is 119 Å². The lowest BCUT2D eigenvalue weighted by atomic mass is 9.86. The summed E-state index contributed by atoms with van der Waals surface area (Å²) in [4.78, 5) is 47.4. The lowest BCUT2D eigenvalue weighted by molar-refractivity contribution is -0.124. The highest BCUT2D eigenvalue weighted by Gasteiger charge is 2.42. The van der Waals surface area contributed by atoms with Crippen molar-refractivity contribution in [2.75, 3.05) is 18.6 Å². The van der Waals surface area contributed by atoms with Gasteiger partial charge >= 0.3 is 11.0 Å². The molecule has 0 saturated carbocycles. The third-order valence-electron chi connectivity index (χ3n) is 8.11. The van der Waals surface area contributed by atoms with Crippen molar-refractivity contribution in [2.24, 2.45) is 4.99 Å². The Labute approximate surface area is 299 Å². The van der Waals surface area contributed by atoms with Crippen LogP contribution in [0.5, 0.6) is 23.1 Å². The number of aromatic amines is 1. The first-order valence-corrected chi connectivity index (χ1v) is 17.1. The summed E-state index contributed by atoms with van der Waals surface area (Å²) < 4.78 is 18.2. The molecule has 5 aromatic rings. The van der Waals surface area contributed by atoms with Crippen LogP contribution in [-0.4, -0.2) is 47.4 Å². The van der Waals surface area contributed by atoms with Crippen LogP contribution in [0.3, 0.4) is 0 Å². The van der Waals surface area contributed by atoms with Crippen LogP contribution >= 0.6 is 11.3 Å². The molecule has 51 heavy (non-hydrogen) atoms. The van der Waals surface area contributed by atoms with E-state index in [1.807, 2.05) is 66.7 Å². The molecule has 1 amide bonds. The Kier molecular flexibility index (Phi) is 9.92. The third kappa shape index (κ3) is 7.94. The van der Waals surface area contributed by atoms with E-state index in [1.165, 1.54) is 4.90 Å². The number of allylic oxidation sites excluding steroid dienone is 1. The molecule has 1 atom stereocenters. The molecule has 11 heteroatoms. The van der Waals surface area contributed by atoms with Crippen LogP contribution in [0.4, 0.5) is 10.5 Å². The van der Waals surface area contributed by atoms with Crippen LogP contribution in [0.2, 0.25) is 0 Å². The highest BCUT2D eigenvalue weighted by Crippen LogP contribution is 2.43. The Hall–Kier alpha value is -5.94. The van der Waals surface area contributed by atoms with Gasteiger partial charge in [0, 0.05) is 36.9 Å². The number of thiazole rings is 1. The number of ketones is 1. The predicted molar refractivity (Wildman–Crippen MR) is 199 cm³/mol. The number of ether oxygens (including phenoxy) is 3. The minimum atomic E-state index is -1.47. The van der Waals surface area contributed by atoms with Crippen molar-refractivity contribution in [3.63, 3.8) is 0 Å². The van der Waals surface area contributed by atoms with Crippen LogP contribution in [0, 0.1) is 0 Å². The van der Waals surface area contributed by atoms with Crippen molar-refractivity contribution in [3.05, 3.63) is 135 Å². The van der Waals surface area contributed by atoms with Gasteiger partial charge in [0.25, 0.3) is 0 Å². The Morgan fingerprint density at radius 3 is 2.33 bits per heavy atom. The molecule has 4 aromatic carbocycles. The minimum absolute atomic E-state index is 0.136. The molecule has 1 aromatic heterocycles. The average molecular weight is 704 g/mol. The summed E-state index contributed by atoms with van der Waals surface area (Å²) in [5, 5.41) is 9.93. The fourth-order valence-electron chi connectivity index (χ4n) is 5.57. The van der Waals surface area contributed by atoms with Gasteiger partial charge in [0.1, 0.15) is 29.5 Å². The first-order valence-electron chi connectivity index (χ1n) is 16.2. The van der Waals surface area contributed by atoms with Crippen molar-refractivity contribution in [2.45, 2.75) is 38.3 Å². The van der Waals surface area contributed by atoms with E-state index in [9.17, 15) is 19.5 Å². The first-order chi connectivity index (χ1) is 24.4. The second kappa shape index (κ2) is 14.5. The maximum atomic E-state index is 14.2. The van der Waals surface area contributed by atoms with Gasteiger partial charge in [0.15, 0.2) is 5.54 Å². The zero-order chi connectivity index (χ0) is 36.2. The van der Waals surface area contributed by atoms with E-state index in [1.54, 1.807) is 76.5 Å². The quantitative estimate of drug-likeness (QED) is 0.142. The van der Waals surface area contributed by atoms with Gasteiger partial charge in [-0.3, -0.25) is 24.5 Å². The molecule has 0 aliphatic carbocycles. The van der Waals surface area contributed by atoms with Gasteiger partial charge in [-0.15, -0.1) is 0 Å². The number of aromatic hydroxyl groups is 1. The molecule has 6 rings (SSSR count). The molecule has 1 aliphatic rings. The molecule has 0 radical (unpaired) electrons. The number of Topliss-reactive ketones (excluding diaryl/α,β-unsaturated/α-hetero) is 1. The maximum Gasteiger partial charge on any atom is 0.414 e. The Balaban J connectivity index is 1.31. The van der Waals surface area contributed by atoms with E-state index in [0.717, 1.165) is 28.0 Å². The fourth-order valence-corrected chi connectivity index (χ4v) is 6.32. The number of hydrogen-bond donors (Lipinski definition) is 2. The third-order valence-corrected chi connectivity index (χ3v) is 8.98. The number of nitrogens with one attached hydrogen (secondary N) is 1. The molecular formula is C40H37N3O7S. The first kappa shape index (κ1) is 34.9. The second-order valence-corrected chi connectivity index (χ2v) is 14.0. The number of carbonyl (C=O) groups is 2. The van der Waals surface area contributed by atoms with E-state index >= 15 is 0 Å². The van der Waals surface area contributed by atoms with Crippen molar-refractivity contribution in [1.29, 1.82) is 0 Å². The topological polar surface area (TPSA) is 131 Å². The van der Waals surface area contributed by atoms with Gasteiger partial charge in [-0.2, -0.15) is 0 Å². The number of hydrogen-bond acceptors (Lipinski definition) is 9. The number of H-pyrrole nitrogens is 1. The van der Waals surface area contributed by atoms with Gasteiger partial charge in [-0.05, 0) is 74.4 Å². The average Bonchev–Trinajstić information content (AvgIpc) is 3.73. The van der Waals surface area contributed by atoms with Crippen molar-refractivity contribution in [3.8, 4) is 34.3 Å². The smallest absolute Gasteiger partial charge is 0.414 e. The van der Waals surface area contributed by atoms with Crippen LogP contribution in [0.1, 0.15) is 36.8 Å². The summed E-state index contributed by atoms with van der Waals surface area (Å²) in [6, 6.07) is 29.7. The molecular weight excluding hydrogens is 667 g/mol. The van der Waals surface area contributed by atoms with Gasteiger partial charge in [-0.1, -0.05) is 72.0 Å². The van der Waals surface area contributed by atoms with E-state index in [0.29, 0.717) is 39.8 Å². The monoisotopic (exact) mass is 703 g/mol. The largest absolute Gasteiger partial charge is 0.494 e. The molecule has 10 nitrogen and oxygen atoms in total. The molecule has 0 bridgehead atoms. The molecule has 2 heterocycles. The summed E-state index contributed by atoms with van der Waals surface area (Å²) in [6.07, 6.45) is 4.81. The number of amides is 1. The van der Waals surface area contributed by atoms with E-state index < -0.39 is 17.2 Å². The summed E-state index contributed by atoms with van der Waals surface area (Å²) in [6.45, 7) is 5.09. The number of carbonyl (C=O) groups excluding carboxylic acids is 2. The van der Waals surface area contributed by atoms with Crippen molar-refractivity contribution < 1.29 is 28.9 Å². The fraction of sp³-hybridized carbons (Fsp3) is 0.200. The number of nitrogens with zero attached hydrogens (tertiary/aromatic N) is 2. The second-order valence-electron chi connectivity index (χ2n) is 12.9. The standard InChI is InChI=1S/C40H37N3O7S/c1-39(2,3)50-38(47)43(4)28-17-20-31(33(24-28)49-32-14-9-8-13-30(32)27-11-6-5-7-12-27)40(21-10-22-41-40)35(44)25-48-29-18-15-26(16-19-29)23-34-36(45)42-37(46)51-34/h5-22,24,45H,23,25H2,1-4H3,(H,42,46). The lowest BCUT2D eigenvalue weighted by Crippen LogP contribution is -2.36. The van der Waals surface area contributed by atoms with Gasteiger partial charge in [-0.25, -0.2) is 4.79 Å². The Bertz CT molecular complexity index is 2150. The van der Waals surface area contributed by atoms with Crippen LogP contribution < -0.4 is 19.2 Å². The predicted octanol–water partition coefficient (Wildman–Crippen LogP) is 8.05. The van der Waals surface area contributed by atoms with Crippen LogP contribution in [-0.2, 0) is 21.5 Å². The van der Waals surface area contributed by atoms with Crippen molar-refractivity contribution in [1.82, 2.24) is 4.98 Å². The number of benzene rings is 4. The molecule has 0 spiro atoms. The van der Waals surface area contributed by atoms with E-state index in [-0.39, 0.29) is 23.1 Å². The summed E-state index contributed by atoms with van der Waals surface area (Å²) in [5.74, 6) is 0.855. The summed E-state index contributed by atoms with van der Waals surface area (Å²) >= 11 is 0.953. The Morgan fingerprint density at radius 1 is 0.941 bits per heavy atom. The zero-order valence-electron chi connectivity index (χ0n) is 28.6. The number of aromatic nitrogens is 1. The highest BCUT2D eigenvalue weighted by atomic mass is 32.1. The van der Waals surface area contributed by atoms with E-state index in [4.69, 9.17) is 14.2 Å². The van der Waals surface area contributed by atoms with Gasteiger partial charge < -0.3 is 19.3 Å². The minimum Gasteiger partial charge on any atom is -0.494 e. The number of aliphatic imine (C=N–C) groups is 1. The van der Waals surface area contributed by atoms with E-state index in [2.05, 4.69) is 9.98 Å². The van der Waals surface area contributed by atoms with Gasteiger partial charge in [0.05, 0.1) is 10.6 Å². The SMILES string of the molecule is CN(C(=O)OC(C)(C)C)c1ccc(C2(C(=O)COc3ccc(Cc4sc(=O)[nH]c4O)cc3)C=CC=N2)c(Oc2ccccc2-c2ccccc2)c1. The van der Waals surface area contributed by atoms with Gasteiger partial charge in [0.2, 0.25) is 11.7 Å². The highest BCUT2D eigenvalue weighted by molar-refractivity contribution is 7.09. The molecule has 260 valence electrons. The molecule has 0 fully saturated rings.